The maximum absolute atomic E-state index is 14.9. The molecule has 6 aromatic rings. The number of pyridine rings is 2. The van der Waals surface area contributed by atoms with Crippen LogP contribution in [-0.2, 0) is 26.0 Å². The number of benzene rings is 2. The Bertz CT molecular complexity index is 3580. The van der Waals surface area contributed by atoms with Crippen LogP contribution in [-0.4, -0.2) is 159 Å². The number of hydrogen-bond acceptors (Lipinski definition) is 19. The van der Waals surface area contributed by atoms with Gasteiger partial charge in [0.1, 0.15) is 23.1 Å². The van der Waals surface area contributed by atoms with E-state index < -0.39 is 43.1 Å². The number of nitro benzene ring substituents is 1. The van der Waals surface area contributed by atoms with Crippen LogP contribution in [0.1, 0.15) is 117 Å². The number of rotatable bonds is 16. The molecule has 23 heteroatoms. The molecule has 86 heavy (non-hydrogen) atoms. The number of anilines is 5. The van der Waals surface area contributed by atoms with Crippen molar-refractivity contribution in [3.05, 3.63) is 110 Å². The summed E-state index contributed by atoms with van der Waals surface area (Å²) in [5.74, 6) is 1.78. The average Bonchev–Trinajstić information content (AvgIpc) is 1.59. The molecular formula is C63H79N11O10S2. The van der Waals surface area contributed by atoms with E-state index in [1.54, 1.807) is 13.2 Å². The number of aromatic nitrogens is 3. The van der Waals surface area contributed by atoms with E-state index >= 15 is 0 Å². The van der Waals surface area contributed by atoms with E-state index in [4.69, 9.17) is 28.9 Å². The number of fused-ring (bicyclic) bond motifs is 3. The Morgan fingerprint density at radius 2 is 1.74 bits per heavy atom. The molecule has 0 unspecified atom stereocenters. The van der Waals surface area contributed by atoms with Crippen molar-refractivity contribution < 1.29 is 42.2 Å². The maximum Gasteiger partial charge on any atom is 0.293 e. The SMILES string of the molecule is COc1cc(CN2CCN(C3CC4(CCN(c5ccc(C(=O)NS(=O)(=O)c6ccc(NCC7CCC(C)(O)CC7)c([N+](=O)[O-])c6)c(N6c7cc8cc[nH]c8nc7O[C@H]7COCC[C@@H]76)c5)CC4)C3)[C@H](c3ccsc3C(C)C)C2)cnc1N1CCOCC1. The maximum atomic E-state index is 14.9. The van der Waals surface area contributed by atoms with Gasteiger partial charge in [-0.15, -0.1) is 11.3 Å². The third kappa shape index (κ3) is 11.7. The summed E-state index contributed by atoms with van der Waals surface area (Å²) in [7, 11) is -2.92. The van der Waals surface area contributed by atoms with Crippen LogP contribution in [0, 0.1) is 21.4 Å². The second-order valence-electron chi connectivity index (χ2n) is 25.5. The molecule has 7 aliphatic rings. The molecule has 13 rings (SSSR count). The van der Waals surface area contributed by atoms with Crippen molar-refractivity contribution in [2.75, 3.05) is 106 Å². The number of carbonyl (C=O) groups is 1. The number of sulfonamides is 1. The lowest BCUT2D eigenvalue weighted by Crippen LogP contribution is -2.59. The molecule has 4 saturated heterocycles. The number of H-pyrrole nitrogens is 1. The van der Waals surface area contributed by atoms with Gasteiger partial charge in [-0.3, -0.25) is 24.7 Å². The van der Waals surface area contributed by atoms with Crippen LogP contribution in [0.25, 0.3) is 11.0 Å². The van der Waals surface area contributed by atoms with Gasteiger partial charge in [-0.05, 0) is 153 Å². The minimum absolute atomic E-state index is 0.109. The zero-order valence-electron chi connectivity index (χ0n) is 49.5. The Kier molecular flexibility index (Phi) is 16.2. The number of methoxy groups -OCH3 is 1. The van der Waals surface area contributed by atoms with E-state index in [0.29, 0.717) is 87.1 Å². The number of nitro groups is 1. The number of amides is 1. The van der Waals surface area contributed by atoms with Crippen LogP contribution >= 0.6 is 11.3 Å². The first-order chi connectivity index (χ1) is 41.5. The average molecular weight is 1210 g/mol. The highest BCUT2D eigenvalue weighted by Gasteiger charge is 2.51. The summed E-state index contributed by atoms with van der Waals surface area (Å²) in [6.45, 7) is 15.8. The highest BCUT2D eigenvalue weighted by Crippen LogP contribution is 2.54. The van der Waals surface area contributed by atoms with Crippen LogP contribution < -0.4 is 34.2 Å². The van der Waals surface area contributed by atoms with E-state index in [-0.39, 0.29) is 34.7 Å². The number of aliphatic hydroxyl groups is 1. The first-order valence-corrected chi connectivity index (χ1v) is 33.0. The molecule has 1 amide bonds. The standard InChI is InChI=1S/C63H79N11O10S2/c1-40(2)57-47(13-28-85-57)54-38-69(37-42-29-55(81-4)59(66-36-42)71-23-26-82-27-24-71)21-22-72(54)45-33-63(34-45)16-19-70(20-17-63)44-5-7-48(51(31-44)73-50-12-25-83-39-56(50)84-61-53(73)30-43-11-18-64-58(43)67-61)60(75)68-86(79,80)46-6-8-49(52(32-46)74(77)78)65-35-41-9-14-62(3,76)15-10-41/h5-8,11,13,18,28-32,36,40-41,45,50,54,56,65,76H,9-10,12,14-17,19-27,33-35,37-39H2,1-4H3,(H,64,67)(H,68,75)/t41?,50-,54-,56-,62?/m0/s1. The second-order valence-corrected chi connectivity index (χ2v) is 28.1. The third-order valence-corrected chi connectivity index (χ3v) is 22.1. The Hall–Kier alpha value is -6.60. The number of nitrogens with zero attached hydrogens (tertiary/aromatic N) is 8. The van der Waals surface area contributed by atoms with Crippen molar-refractivity contribution in [3.63, 3.8) is 0 Å². The van der Waals surface area contributed by atoms with E-state index in [9.17, 15) is 28.4 Å². The smallest absolute Gasteiger partial charge is 0.293 e. The molecule has 4 aromatic heterocycles. The van der Waals surface area contributed by atoms with Crippen molar-refractivity contribution in [1.82, 2.24) is 29.5 Å². The van der Waals surface area contributed by atoms with Gasteiger partial charge in [-0.2, -0.15) is 4.98 Å². The van der Waals surface area contributed by atoms with E-state index in [2.05, 4.69) is 70.9 Å². The van der Waals surface area contributed by atoms with Gasteiger partial charge in [0.15, 0.2) is 11.6 Å². The van der Waals surface area contributed by atoms with Gasteiger partial charge >= 0.3 is 0 Å². The van der Waals surface area contributed by atoms with Crippen molar-refractivity contribution >= 4 is 72.6 Å². The fourth-order valence-electron chi connectivity index (χ4n) is 14.6. The molecule has 2 aliphatic carbocycles. The van der Waals surface area contributed by atoms with Crippen molar-refractivity contribution in [3.8, 4) is 11.6 Å². The predicted octanol–water partition coefficient (Wildman–Crippen LogP) is 9.36. The summed E-state index contributed by atoms with van der Waals surface area (Å²) in [6, 6.07) is 18.2. The molecule has 4 N–H and O–H groups in total. The van der Waals surface area contributed by atoms with Gasteiger partial charge in [-0.1, -0.05) is 13.8 Å². The van der Waals surface area contributed by atoms with Gasteiger partial charge < -0.3 is 49.1 Å². The normalized spacial score (nSPS) is 24.7. The Morgan fingerprint density at radius 1 is 0.942 bits per heavy atom. The molecule has 9 heterocycles. The van der Waals surface area contributed by atoms with Crippen molar-refractivity contribution in [1.29, 1.82) is 0 Å². The summed E-state index contributed by atoms with van der Waals surface area (Å²) >= 11 is 1.87. The number of hydrogen-bond donors (Lipinski definition) is 4. The largest absolute Gasteiger partial charge is 0.493 e. The number of piperazine rings is 1. The van der Waals surface area contributed by atoms with Gasteiger partial charge in [0.25, 0.3) is 21.6 Å². The van der Waals surface area contributed by atoms with Gasteiger partial charge in [0.05, 0.1) is 59.6 Å². The monoisotopic (exact) mass is 1210 g/mol. The number of nitrogens with one attached hydrogen (secondary N) is 3. The lowest BCUT2D eigenvalue weighted by molar-refractivity contribution is -0.384. The van der Waals surface area contributed by atoms with Crippen molar-refractivity contribution in [2.24, 2.45) is 11.3 Å². The van der Waals surface area contributed by atoms with Crippen molar-refractivity contribution in [2.45, 2.75) is 126 Å². The van der Waals surface area contributed by atoms with E-state index in [1.807, 2.05) is 54.9 Å². The number of morpholine rings is 1. The summed E-state index contributed by atoms with van der Waals surface area (Å²) in [5.41, 5.74) is 4.62. The summed E-state index contributed by atoms with van der Waals surface area (Å²) in [4.78, 5) is 52.9. The summed E-state index contributed by atoms with van der Waals surface area (Å²) in [6.07, 6.45) is 11.0. The first kappa shape index (κ1) is 58.4. The molecule has 0 radical (unpaired) electrons. The number of aromatic amines is 1. The van der Waals surface area contributed by atoms with Crippen LogP contribution in [0.2, 0.25) is 0 Å². The number of piperidine rings is 1. The van der Waals surface area contributed by atoms with Gasteiger partial charge in [0, 0.05) is 112 Å². The second kappa shape index (κ2) is 23.8. The lowest BCUT2D eigenvalue weighted by atomic mass is 9.59. The minimum atomic E-state index is -4.65. The third-order valence-electron chi connectivity index (χ3n) is 19.5. The number of thiophene rings is 1. The molecule has 458 valence electrons. The van der Waals surface area contributed by atoms with Gasteiger partial charge in [-0.25, -0.2) is 18.1 Å². The zero-order chi connectivity index (χ0) is 59.5. The molecular weight excluding hydrogens is 1130 g/mol. The summed E-state index contributed by atoms with van der Waals surface area (Å²) in [5, 5.41) is 29.2. The molecule has 2 aromatic carbocycles. The quantitative estimate of drug-likeness (QED) is 0.0522. The predicted molar refractivity (Wildman–Crippen MR) is 331 cm³/mol. The van der Waals surface area contributed by atoms with Gasteiger partial charge in [0.2, 0.25) is 5.88 Å². The lowest BCUT2D eigenvalue weighted by Gasteiger charge is -2.58. The minimum Gasteiger partial charge on any atom is -0.493 e. The zero-order valence-corrected chi connectivity index (χ0v) is 51.2. The molecule has 6 fully saturated rings. The highest BCUT2D eigenvalue weighted by molar-refractivity contribution is 7.90. The number of ether oxygens (including phenoxy) is 4. The van der Waals surface area contributed by atoms with Crippen LogP contribution in [0.4, 0.5) is 34.3 Å². The van der Waals surface area contributed by atoms with Crippen LogP contribution in [0.3, 0.4) is 0 Å². The topological polar surface area (TPSA) is 233 Å². The molecule has 3 atom stereocenters. The molecule has 2 saturated carbocycles. The molecule has 5 aliphatic heterocycles. The van der Waals surface area contributed by atoms with Crippen LogP contribution in [0.5, 0.6) is 11.6 Å². The Labute approximate surface area is 506 Å². The molecule has 0 bridgehead atoms. The first-order valence-electron chi connectivity index (χ1n) is 30.6. The Balaban J connectivity index is 0.739. The van der Waals surface area contributed by atoms with Crippen LogP contribution in [0.15, 0.2) is 83.3 Å². The molecule has 1 spiro atoms. The summed E-state index contributed by atoms with van der Waals surface area (Å²) < 4.78 is 55.0. The molecule has 21 nitrogen and oxygen atoms in total. The van der Waals surface area contributed by atoms with E-state index in [1.165, 1.54) is 22.6 Å². The highest BCUT2D eigenvalue weighted by atomic mass is 32.2. The number of carbonyl (C=O) groups excluding carboxylic acids is 1. The fraction of sp³-hybridized carbons (Fsp3) is 0.540. The van der Waals surface area contributed by atoms with E-state index in [0.717, 1.165) is 125 Å². The Morgan fingerprint density at radius 3 is 2.51 bits per heavy atom. The fourth-order valence-corrected chi connectivity index (χ4v) is 16.6.